The maximum Gasteiger partial charge on any atom is 0.253 e. The van der Waals surface area contributed by atoms with E-state index in [2.05, 4.69) is 48.7 Å². The zero-order valence-electron chi connectivity index (χ0n) is 15.9. The second-order valence-corrected chi connectivity index (χ2v) is 7.35. The lowest BCUT2D eigenvalue weighted by Crippen LogP contribution is -2.30. The summed E-state index contributed by atoms with van der Waals surface area (Å²) >= 11 is 0. The van der Waals surface area contributed by atoms with Crippen LogP contribution in [0.4, 0.5) is 5.69 Å². The summed E-state index contributed by atoms with van der Waals surface area (Å²) < 4.78 is 0. The monoisotopic (exact) mass is 365 g/mol. The third kappa shape index (κ3) is 4.55. The third-order valence-electron chi connectivity index (χ3n) is 5.02. The van der Waals surface area contributed by atoms with E-state index in [4.69, 9.17) is 5.73 Å². The van der Waals surface area contributed by atoms with Crippen LogP contribution in [0.2, 0.25) is 0 Å². The lowest BCUT2D eigenvalue weighted by Gasteiger charge is -2.11. The van der Waals surface area contributed by atoms with Gasteiger partial charge in [0.25, 0.3) is 5.91 Å². The molecule has 2 aromatic carbocycles. The van der Waals surface area contributed by atoms with Crippen molar-refractivity contribution in [3.63, 3.8) is 0 Å². The van der Waals surface area contributed by atoms with E-state index in [1.165, 1.54) is 11.1 Å². The van der Waals surface area contributed by atoms with Gasteiger partial charge in [0.15, 0.2) is 0 Å². The first-order valence-corrected chi connectivity index (χ1v) is 9.49. The van der Waals surface area contributed by atoms with Gasteiger partial charge in [-0.15, -0.1) is 0 Å². The minimum Gasteiger partial charge on any atom is -0.351 e. The molecule has 27 heavy (non-hydrogen) atoms. The first-order chi connectivity index (χ1) is 13.0. The van der Waals surface area contributed by atoms with Crippen molar-refractivity contribution in [2.45, 2.75) is 32.1 Å². The largest absolute Gasteiger partial charge is 0.351 e. The minimum absolute atomic E-state index is 0.0352. The van der Waals surface area contributed by atoms with Gasteiger partial charge in [0, 0.05) is 19.0 Å². The summed E-state index contributed by atoms with van der Waals surface area (Å²) in [4.78, 5) is 24.9. The Labute approximate surface area is 160 Å². The average molecular weight is 365 g/mol. The topological polar surface area (TPSA) is 84.2 Å². The molecule has 1 fully saturated rings. The molecule has 0 heterocycles. The molecular weight excluding hydrogens is 338 g/mol. The Bertz CT molecular complexity index is 815. The molecule has 0 bridgehead atoms. The molecule has 0 spiro atoms. The van der Waals surface area contributed by atoms with E-state index in [9.17, 15) is 9.59 Å². The minimum atomic E-state index is -0.229. The van der Waals surface area contributed by atoms with Gasteiger partial charge in [0.05, 0.1) is 11.3 Å². The third-order valence-corrected chi connectivity index (χ3v) is 5.02. The van der Waals surface area contributed by atoms with Crippen molar-refractivity contribution in [2.75, 3.05) is 18.4 Å². The summed E-state index contributed by atoms with van der Waals surface area (Å²) in [5.74, 6) is 0.443. The van der Waals surface area contributed by atoms with Gasteiger partial charge in [0.2, 0.25) is 5.91 Å². The lowest BCUT2D eigenvalue weighted by atomic mass is 10.00. The fourth-order valence-electron chi connectivity index (χ4n) is 3.28. The summed E-state index contributed by atoms with van der Waals surface area (Å²) in [6.45, 7) is 5.12. The normalized spacial score (nSPS) is 18.2. The van der Waals surface area contributed by atoms with Crippen LogP contribution in [0.5, 0.6) is 0 Å². The predicted molar refractivity (Wildman–Crippen MR) is 108 cm³/mol. The van der Waals surface area contributed by atoms with Crippen LogP contribution in [-0.4, -0.2) is 24.9 Å². The van der Waals surface area contributed by atoms with E-state index in [-0.39, 0.29) is 23.7 Å². The summed E-state index contributed by atoms with van der Waals surface area (Å²) in [6.07, 6.45) is 0.842. The van der Waals surface area contributed by atoms with Crippen LogP contribution in [0.3, 0.4) is 0 Å². The Morgan fingerprint density at radius 1 is 1.11 bits per heavy atom. The van der Waals surface area contributed by atoms with Gasteiger partial charge in [-0.1, -0.05) is 50.2 Å². The van der Waals surface area contributed by atoms with Gasteiger partial charge < -0.3 is 16.4 Å². The fourth-order valence-corrected chi connectivity index (χ4v) is 3.28. The zero-order valence-corrected chi connectivity index (χ0v) is 15.9. The number of hydrogen-bond donors (Lipinski definition) is 3. The van der Waals surface area contributed by atoms with Gasteiger partial charge in [-0.05, 0) is 41.5 Å². The van der Waals surface area contributed by atoms with Crippen LogP contribution in [-0.2, 0) is 4.79 Å². The van der Waals surface area contributed by atoms with Crippen LogP contribution < -0.4 is 16.4 Å². The number of benzene rings is 2. The molecule has 0 aliphatic heterocycles. The number of nitrogens with one attached hydrogen (secondary N) is 2. The molecule has 0 saturated heterocycles. The highest BCUT2D eigenvalue weighted by Gasteiger charge is 2.44. The Balaban J connectivity index is 1.64. The van der Waals surface area contributed by atoms with E-state index in [0.29, 0.717) is 30.3 Å². The Morgan fingerprint density at radius 3 is 2.48 bits per heavy atom. The molecule has 0 radical (unpaired) electrons. The number of carbonyl (C=O) groups is 2. The highest BCUT2D eigenvalue weighted by molar-refractivity contribution is 6.04. The predicted octanol–water partition coefficient (Wildman–Crippen LogP) is 3.24. The van der Waals surface area contributed by atoms with E-state index < -0.39 is 0 Å². The molecule has 1 aliphatic rings. The first kappa shape index (κ1) is 19.1. The van der Waals surface area contributed by atoms with Crippen LogP contribution in [0.15, 0.2) is 48.5 Å². The number of hydrogen-bond acceptors (Lipinski definition) is 3. The van der Waals surface area contributed by atoms with Gasteiger partial charge in [-0.3, -0.25) is 9.59 Å². The number of rotatable bonds is 7. The Kier molecular flexibility index (Phi) is 5.91. The zero-order chi connectivity index (χ0) is 19.4. The van der Waals surface area contributed by atoms with E-state index in [0.717, 1.165) is 6.42 Å². The molecule has 1 saturated carbocycles. The SMILES string of the molecule is CC(C)c1ccc(C2CC2C(=O)Nc2ccccc2C(=O)NCCN)cc1. The Hall–Kier alpha value is -2.66. The van der Waals surface area contributed by atoms with Crippen molar-refractivity contribution < 1.29 is 9.59 Å². The fraction of sp³-hybridized carbons (Fsp3) is 0.364. The molecule has 1 aliphatic carbocycles. The summed E-state index contributed by atoms with van der Waals surface area (Å²) in [5, 5.41) is 5.67. The smallest absolute Gasteiger partial charge is 0.253 e. The molecule has 5 nitrogen and oxygen atoms in total. The van der Waals surface area contributed by atoms with Gasteiger partial charge in [-0.2, -0.15) is 0 Å². The maximum atomic E-state index is 12.7. The second kappa shape index (κ2) is 8.35. The van der Waals surface area contributed by atoms with Crippen molar-refractivity contribution in [1.82, 2.24) is 5.32 Å². The Morgan fingerprint density at radius 2 is 1.81 bits per heavy atom. The first-order valence-electron chi connectivity index (χ1n) is 9.49. The summed E-state index contributed by atoms with van der Waals surface area (Å²) in [5.41, 5.74) is 8.94. The second-order valence-electron chi connectivity index (χ2n) is 7.35. The molecule has 142 valence electrons. The quantitative estimate of drug-likeness (QED) is 0.704. The van der Waals surface area contributed by atoms with Crippen LogP contribution in [0.25, 0.3) is 0 Å². The number of anilines is 1. The van der Waals surface area contributed by atoms with Crippen LogP contribution in [0, 0.1) is 5.92 Å². The molecule has 4 N–H and O–H groups in total. The molecule has 3 rings (SSSR count). The molecule has 2 unspecified atom stereocenters. The summed E-state index contributed by atoms with van der Waals surface area (Å²) in [7, 11) is 0. The van der Waals surface area contributed by atoms with Crippen LogP contribution >= 0.6 is 0 Å². The molecule has 5 heteroatoms. The lowest BCUT2D eigenvalue weighted by molar-refractivity contribution is -0.117. The number of para-hydroxylation sites is 1. The molecular formula is C22H27N3O2. The van der Waals surface area contributed by atoms with Gasteiger partial charge >= 0.3 is 0 Å². The highest BCUT2D eigenvalue weighted by Crippen LogP contribution is 2.48. The molecule has 0 aromatic heterocycles. The summed E-state index contributed by atoms with van der Waals surface area (Å²) in [6, 6.07) is 15.6. The van der Waals surface area contributed by atoms with Crippen molar-refractivity contribution in [3.05, 3.63) is 65.2 Å². The van der Waals surface area contributed by atoms with E-state index >= 15 is 0 Å². The number of carbonyl (C=O) groups excluding carboxylic acids is 2. The molecule has 2 atom stereocenters. The standard InChI is InChI=1S/C22H27N3O2/c1-14(2)15-7-9-16(10-8-15)18-13-19(18)22(27)25-20-6-4-3-5-17(20)21(26)24-12-11-23/h3-10,14,18-19H,11-13,23H2,1-2H3,(H,24,26)(H,25,27). The van der Waals surface area contributed by atoms with Crippen molar-refractivity contribution in [3.8, 4) is 0 Å². The number of amides is 2. The van der Waals surface area contributed by atoms with Crippen molar-refractivity contribution in [1.29, 1.82) is 0 Å². The van der Waals surface area contributed by atoms with Gasteiger partial charge in [-0.25, -0.2) is 0 Å². The van der Waals surface area contributed by atoms with Crippen LogP contribution in [0.1, 0.15) is 53.6 Å². The van der Waals surface area contributed by atoms with Gasteiger partial charge in [0.1, 0.15) is 0 Å². The number of nitrogens with two attached hydrogens (primary N) is 1. The van der Waals surface area contributed by atoms with E-state index in [1.807, 2.05) is 6.07 Å². The average Bonchev–Trinajstić information content (AvgIpc) is 3.47. The highest BCUT2D eigenvalue weighted by atomic mass is 16.2. The van der Waals surface area contributed by atoms with Crippen molar-refractivity contribution in [2.24, 2.45) is 11.7 Å². The molecule has 2 amide bonds. The maximum absolute atomic E-state index is 12.7. The molecule has 2 aromatic rings. The van der Waals surface area contributed by atoms with Crippen molar-refractivity contribution >= 4 is 17.5 Å². The van der Waals surface area contributed by atoms with E-state index in [1.54, 1.807) is 18.2 Å².